The van der Waals surface area contributed by atoms with Crippen molar-refractivity contribution in [2.45, 2.75) is 0 Å². The van der Waals surface area contributed by atoms with Crippen LogP contribution in [-0.2, 0) is 0 Å². The SMILES string of the molecule is S.S.S.[AsH3]. The van der Waals surface area contributed by atoms with Crippen LogP contribution in [-0.4, -0.2) is 18.0 Å². The zero-order valence-corrected chi connectivity index (χ0v) is 8.17. The molecule has 1 atom stereocenters. The molecule has 0 spiro atoms. The van der Waals surface area contributed by atoms with Crippen LogP contribution in [0.25, 0.3) is 0 Å². The molecule has 0 amide bonds. The van der Waals surface area contributed by atoms with Gasteiger partial charge in [-0.2, -0.15) is 40.5 Å². The summed E-state index contributed by atoms with van der Waals surface area (Å²) < 4.78 is 0. The van der Waals surface area contributed by atoms with Crippen molar-refractivity contribution in [3.63, 3.8) is 0 Å². The molecule has 0 radical (unpaired) electrons. The molecule has 0 fully saturated rings. The third-order valence-electron chi connectivity index (χ3n) is 0. The molecule has 0 aromatic carbocycles. The Bertz CT molecular complexity index is 3.25. The predicted octanol–water partition coefficient (Wildman–Crippen LogP) is -0.846. The molecule has 0 aliphatic heterocycles. The standard InChI is InChI=1S/AsH3.3H2S/h1H3;3*1H2. The van der Waals surface area contributed by atoms with Crippen LogP contribution in [0.1, 0.15) is 0 Å². The van der Waals surface area contributed by atoms with Crippen LogP contribution in [0.2, 0.25) is 0 Å². The van der Waals surface area contributed by atoms with E-state index in [2.05, 4.69) is 0 Å². The van der Waals surface area contributed by atoms with Crippen LogP contribution in [0.5, 0.6) is 0 Å². The van der Waals surface area contributed by atoms with Gasteiger partial charge in [-0.3, -0.25) is 0 Å². The Morgan fingerprint density at radius 3 is 0.500 bits per heavy atom. The zero-order chi connectivity index (χ0) is 0. The van der Waals surface area contributed by atoms with Gasteiger partial charge in [0.15, 0.2) is 0 Å². The Morgan fingerprint density at radius 1 is 0.500 bits per heavy atom. The normalized spacial score (nSPS) is 0. The predicted molar refractivity (Wildman–Crippen MR) is 41.1 cm³/mol. The molecule has 0 nitrogen and oxygen atoms in total. The Hall–Kier alpha value is 1.61. The van der Waals surface area contributed by atoms with Crippen LogP contribution in [0.3, 0.4) is 0 Å². The molecule has 0 rings (SSSR count). The summed E-state index contributed by atoms with van der Waals surface area (Å²) in [6.45, 7) is 0. The molecule has 0 aromatic heterocycles. The van der Waals surface area contributed by atoms with Crippen LogP contribution < -0.4 is 0 Å². The Labute approximate surface area is 58.4 Å². The molecule has 32 valence electrons. The maximum atomic E-state index is 0. The van der Waals surface area contributed by atoms with Crippen molar-refractivity contribution >= 4 is 58.4 Å². The first-order valence-electron chi connectivity index (χ1n) is 0. The molecular weight excluding hydrogens is 171 g/mol. The minimum absolute atomic E-state index is 0. The molecule has 0 bridgehead atoms. The van der Waals surface area contributed by atoms with Gasteiger partial charge in [0.2, 0.25) is 0 Å². The fraction of sp³-hybridized carbons (Fsp3) is 0. The van der Waals surface area contributed by atoms with Crippen LogP contribution >= 0.6 is 40.5 Å². The first kappa shape index (κ1) is 46.0. The molecule has 0 heterocycles. The van der Waals surface area contributed by atoms with Crippen LogP contribution in [0.4, 0.5) is 0 Å². The topological polar surface area (TPSA) is 0 Å². The van der Waals surface area contributed by atoms with Gasteiger partial charge in [-0.25, -0.2) is 0 Å². The van der Waals surface area contributed by atoms with Crippen molar-refractivity contribution in [2.24, 2.45) is 0 Å². The molecule has 1 unspecified atom stereocenters. The number of hydrogen-bond acceptors (Lipinski definition) is 0. The van der Waals surface area contributed by atoms with E-state index in [0.717, 1.165) is 0 Å². The molecule has 0 aliphatic carbocycles. The first-order valence-corrected chi connectivity index (χ1v) is 0. The summed E-state index contributed by atoms with van der Waals surface area (Å²) in [6, 6.07) is 0. The summed E-state index contributed by atoms with van der Waals surface area (Å²) in [4.78, 5) is 0. The van der Waals surface area contributed by atoms with Gasteiger partial charge in [0.1, 0.15) is 0 Å². The van der Waals surface area contributed by atoms with E-state index in [0.29, 0.717) is 0 Å². The van der Waals surface area contributed by atoms with Gasteiger partial charge in [-0.15, -0.1) is 0 Å². The monoisotopic (exact) mass is 180 g/mol. The van der Waals surface area contributed by atoms with Crippen LogP contribution in [0, 0.1) is 0 Å². The summed E-state index contributed by atoms with van der Waals surface area (Å²) in [5, 5.41) is 0. The summed E-state index contributed by atoms with van der Waals surface area (Å²) in [7, 11) is 0. The fourth-order valence-corrected chi connectivity index (χ4v) is 0. The number of rotatable bonds is 0. The van der Waals surface area contributed by atoms with E-state index in [-0.39, 0.29) is 58.4 Å². The van der Waals surface area contributed by atoms with Crippen molar-refractivity contribution < 1.29 is 0 Å². The number of hydrogen-bond donors (Lipinski definition) is 0. The fourth-order valence-electron chi connectivity index (χ4n) is 0. The zero-order valence-electron chi connectivity index (χ0n) is 2.21. The summed E-state index contributed by atoms with van der Waals surface area (Å²) in [5.41, 5.74) is 0. The van der Waals surface area contributed by atoms with Crippen molar-refractivity contribution in [1.29, 1.82) is 0 Å². The van der Waals surface area contributed by atoms with E-state index in [9.17, 15) is 0 Å². The van der Waals surface area contributed by atoms with Crippen molar-refractivity contribution in [1.82, 2.24) is 0 Å². The Balaban J connectivity index is 0. The molecule has 4 heteroatoms. The quantitative estimate of drug-likeness (QED) is 0.426. The molecule has 0 aromatic rings. The third kappa shape index (κ3) is 9.49. The van der Waals surface area contributed by atoms with E-state index in [1.165, 1.54) is 0 Å². The van der Waals surface area contributed by atoms with E-state index in [4.69, 9.17) is 0 Å². The van der Waals surface area contributed by atoms with E-state index in [1.807, 2.05) is 0 Å². The van der Waals surface area contributed by atoms with Crippen molar-refractivity contribution in [3.05, 3.63) is 0 Å². The van der Waals surface area contributed by atoms with Crippen LogP contribution in [0.15, 0.2) is 0 Å². The second kappa shape index (κ2) is 23.2. The second-order valence-corrected chi connectivity index (χ2v) is 0. The minimum atomic E-state index is 0. The Morgan fingerprint density at radius 2 is 0.500 bits per heavy atom. The molecule has 0 saturated heterocycles. The second-order valence-electron chi connectivity index (χ2n) is 0. The molecule has 0 aliphatic rings. The van der Waals surface area contributed by atoms with E-state index >= 15 is 0 Å². The molecular formula is H9AsS3. The van der Waals surface area contributed by atoms with Crippen molar-refractivity contribution in [3.8, 4) is 0 Å². The van der Waals surface area contributed by atoms with E-state index in [1.54, 1.807) is 0 Å². The van der Waals surface area contributed by atoms with Crippen molar-refractivity contribution in [2.75, 3.05) is 0 Å². The summed E-state index contributed by atoms with van der Waals surface area (Å²) in [6.07, 6.45) is 0. The summed E-state index contributed by atoms with van der Waals surface area (Å²) in [5.74, 6) is 0. The molecule has 0 N–H and O–H groups in total. The van der Waals surface area contributed by atoms with Gasteiger partial charge in [-0.1, -0.05) is 0 Å². The maximum absolute atomic E-state index is 0. The molecule has 4 heavy (non-hydrogen) atoms. The van der Waals surface area contributed by atoms with Gasteiger partial charge in [0.05, 0.1) is 0 Å². The van der Waals surface area contributed by atoms with Gasteiger partial charge in [0.25, 0.3) is 0 Å². The Kier molecular flexibility index (Phi) is 267. The van der Waals surface area contributed by atoms with Gasteiger partial charge < -0.3 is 0 Å². The third-order valence-corrected chi connectivity index (χ3v) is 0. The van der Waals surface area contributed by atoms with E-state index < -0.39 is 0 Å². The first-order chi connectivity index (χ1) is 0. The molecule has 0 saturated carbocycles. The van der Waals surface area contributed by atoms with Gasteiger partial charge >= 0.3 is 18.0 Å². The summed E-state index contributed by atoms with van der Waals surface area (Å²) >= 11 is 0. The van der Waals surface area contributed by atoms with Gasteiger partial charge in [-0.05, 0) is 0 Å². The van der Waals surface area contributed by atoms with Gasteiger partial charge in [0, 0.05) is 0 Å². The average molecular weight is 180 g/mol. The average Bonchev–Trinajstić information content (AvgIpc) is 0.